The number of aromatic hydroxyl groups is 1. The predicted octanol–water partition coefficient (Wildman–Crippen LogP) is 3.02. The summed E-state index contributed by atoms with van der Waals surface area (Å²) in [6.45, 7) is 0.695. The van der Waals surface area contributed by atoms with Crippen LogP contribution in [0, 0.1) is 11.3 Å². The van der Waals surface area contributed by atoms with Crippen LogP contribution in [0.3, 0.4) is 0 Å². The highest BCUT2D eigenvalue weighted by Crippen LogP contribution is 2.39. The summed E-state index contributed by atoms with van der Waals surface area (Å²) in [5.74, 6) is 0.623. The van der Waals surface area contributed by atoms with Gasteiger partial charge in [-0.2, -0.15) is 5.26 Å². The summed E-state index contributed by atoms with van der Waals surface area (Å²) in [5, 5.41) is 25.2. The Labute approximate surface area is 121 Å². The number of aromatic nitrogens is 2. The summed E-state index contributed by atoms with van der Waals surface area (Å²) in [5.41, 5.74) is 1.20. The number of ether oxygens (including phenoxy) is 2. The van der Waals surface area contributed by atoms with Crippen molar-refractivity contribution in [2.24, 2.45) is 0 Å². The van der Waals surface area contributed by atoms with Crippen LogP contribution in [0.5, 0.6) is 17.4 Å². The third-order valence-corrected chi connectivity index (χ3v) is 3.43. The van der Waals surface area contributed by atoms with Crippen LogP contribution in [-0.2, 0) is 4.74 Å². The van der Waals surface area contributed by atoms with Gasteiger partial charge in [0.15, 0.2) is 0 Å². The molecule has 1 unspecified atom stereocenters. The zero-order chi connectivity index (χ0) is 14.7. The molecule has 6 nitrogen and oxygen atoms in total. The highest BCUT2D eigenvalue weighted by atomic mass is 16.5. The Kier molecular flexibility index (Phi) is 3.75. The van der Waals surface area contributed by atoms with Crippen molar-refractivity contribution >= 4 is 0 Å². The Morgan fingerprint density at radius 1 is 1.33 bits per heavy atom. The molecule has 0 radical (unpaired) electrons. The van der Waals surface area contributed by atoms with E-state index in [0.717, 1.165) is 19.3 Å². The van der Waals surface area contributed by atoms with Gasteiger partial charge in [0.05, 0.1) is 11.6 Å². The average Bonchev–Trinajstić information content (AvgIpc) is 2.90. The molecule has 21 heavy (non-hydrogen) atoms. The lowest BCUT2D eigenvalue weighted by atomic mass is 10.1. The molecule has 0 saturated carbocycles. The maximum atomic E-state index is 9.85. The summed E-state index contributed by atoms with van der Waals surface area (Å²) >= 11 is 0. The number of rotatable bonds is 3. The van der Waals surface area contributed by atoms with Gasteiger partial charge in [-0.1, -0.05) is 0 Å². The average molecular weight is 285 g/mol. The maximum absolute atomic E-state index is 9.85. The zero-order valence-corrected chi connectivity index (χ0v) is 11.4. The van der Waals surface area contributed by atoms with Crippen molar-refractivity contribution in [3.63, 3.8) is 0 Å². The van der Waals surface area contributed by atoms with Crippen molar-refractivity contribution in [3.8, 4) is 23.4 Å². The fourth-order valence-electron chi connectivity index (χ4n) is 2.34. The van der Waals surface area contributed by atoms with Crippen LogP contribution in [0.15, 0.2) is 24.3 Å². The molecule has 1 saturated heterocycles. The highest BCUT2D eigenvalue weighted by Gasteiger charge is 2.25. The normalized spacial score (nSPS) is 18.1. The van der Waals surface area contributed by atoms with Crippen LogP contribution in [0.4, 0.5) is 0 Å². The smallest absolute Gasteiger partial charge is 0.274 e. The zero-order valence-electron chi connectivity index (χ0n) is 11.4. The van der Waals surface area contributed by atoms with E-state index in [1.807, 2.05) is 6.07 Å². The molecule has 0 spiro atoms. The highest BCUT2D eigenvalue weighted by molar-refractivity contribution is 5.43. The summed E-state index contributed by atoms with van der Waals surface area (Å²) in [6, 6.07) is 8.71. The van der Waals surface area contributed by atoms with Crippen LogP contribution < -0.4 is 4.74 Å². The second kappa shape index (κ2) is 5.85. The third kappa shape index (κ3) is 2.83. The van der Waals surface area contributed by atoms with Gasteiger partial charge in [0.2, 0.25) is 5.75 Å². The molecule has 1 aliphatic rings. The molecule has 1 fully saturated rings. The molecule has 3 rings (SSSR count). The Hall–Kier alpha value is -2.52. The minimum Gasteiger partial charge on any atom is -0.490 e. The molecule has 0 aliphatic carbocycles. The van der Waals surface area contributed by atoms with Crippen molar-refractivity contribution in [3.05, 3.63) is 35.5 Å². The summed E-state index contributed by atoms with van der Waals surface area (Å²) in [7, 11) is 0. The molecule has 1 aliphatic heterocycles. The number of nitrogens with one attached hydrogen (secondary N) is 1. The number of hydrogen-bond acceptors (Lipinski definition) is 5. The molecular formula is C15H15N3O3. The van der Waals surface area contributed by atoms with E-state index in [4.69, 9.17) is 14.7 Å². The van der Waals surface area contributed by atoms with Crippen molar-refractivity contribution < 1.29 is 14.6 Å². The number of aromatic amines is 1. The molecule has 6 heteroatoms. The number of nitrogens with zero attached hydrogens (tertiary/aromatic N) is 2. The van der Waals surface area contributed by atoms with Gasteiger partial charge in [0, 0.05) is 6.61 Å². The van der Waals surface area contributed by atoms with E-state index in [1.54, 1.807) is 24.3 Å². The second-order valence-electron chi connectivity index (χ2n) is 4.88. The van der Waals surface area contributed by atoms with Crippen LogP contribution in [0.2, 0.25) is 0 Å². The lowest BCUT2D eigenvalue weighted by Gasteiger charge is -2.22. The first kappa shape index (κ1) is 13.5. The Morgan fingerprint density at radius 3 is 2.81 bits per heavy atom. The molecule has 0 amide bonds. The van der Waals surface area contributed by atoms with Gasteiger partial charge < -0.3 is 14.6 Å². The van der Waals surface area contributed by atoms with Crippen molar-refractivity contribution in [1.29, 1.82) is 5.26 Å². The molecule has 1 atom stereocenters. The molecule has 2 N–H and O–H groups in total. The molecule has 2 heterocycles. The molecule has 1 aromatic carbocycles. The van der Waals surface area contributed by atoms with Gasteiger partial charge in [-0.05, 0) is 43.5 Å². The van der Waals surface area contributed by atoms with Gasteiger partial charge in [-0.15, -0.1) is 5.10 Å². The van der Waals surface area contributed by atoms with Gasteiger partial charge in [0.25, 0.3) is 5.88 Å². The molecule has 108 valence electrons. The third-order valence-electron chi connectivity index (χ3n) is 3.43. The quantitative estimate of drug-likeness (QED) is 0.904. The Balaban J connectivity index is 1.84. The summed E-state index contributed by atoms with van der Waals surface area (Å²) in [6.07, 6.45) is 2.84. The Bertz CT molecular complexity index is 652. The second-order valence-corrected chi connectivity index (χ2v) is 4.88. The predicted molar refractivity (Wildman–Crippen MR) is 74.0 cm³/mol. The number of H-pyrrole nitrogens is 1. The van der Waals surface area contributed by atoms with Crippen molar-refractivity contribution in [1.82, 2.24) is 10.2 Å². The van der Waals surface area contributed by atoms with Crippen LogP contribution in [-0.4, -0.2) is 21.9 Å². The van der Waals surface area contributed by atoms with Crippen LogP contribution >= 0.6 is 0 Å². The SMILES string of the molecule is N#Cc1ccc(Oc2c(O)n[nH]c2C2CCCCO2)cc1. The minimum absolute atomic E-state index is 0.138. The van der Waals surface area contributed by atoms with Crippen molar-refractivity contribution in [2.45, 2.75) is 25.4 Å². The Morgan fingerprint density at radius 2 is 2.14 bits per heavy atom. The first-order chi connectivity index (χ1) is 10.3. The molecule has 2 aromatic rings. The van der Waals surface area contributed by atoms with E-state index >= 15 is 0 Å². The van der Waals surface area contributed by atoms with E-state index in [9.17, 15) is 5.11 Å². The number of hydrogen-bond donors (Lipinski definition) is 2. The van der Waals surface area contributed by atoms with Crippen LogP contribution in [0.1, 0.15) is 36.6 Å². The monoisotopic (exact) mass is 285 g/mol. The van der Waals surface area contributed by atoms with E-state index in [0.29, 0.717) is 23.6 Å². The number of benzene rings is 1. The van der Waals surface area contributed by atoms with Crippen LogP contribution in [0.25, 0.3) is 0 Å². The van der Waals surface area contributed by atoms with Crippen molar-refractivity contribution in [2.75, 3.05) is 6.61 Å². The molecular weight excluding hydrogens is 270 g/mol. The van der Waals surface area contributed by atoms with Gasteiger partial charge in [-0.25, -0.2) is 0 Å². The minimum atomic E-state index is -0.191. The lowest BCUT2D eigenvalue weighted by Crippen LogP contribution is -2.12. The lowest BCUT2D eigenvalue weighted by molar-refractivity contribution is 0.0111. The van der Waals surface area contributed by atoms with E-state index < -0.39 is 0 Å². The fraction of sp³-hybridized carbons (Fsp3) is 0.333. The first-order valence-corrected chi connectivity index (χ1v) is 6.85. The van der Waals surface area contributed by atoms with E-state index in [1.165, 1.54) is 0 Å². The van der Waals surface area contributed by atoms with Gasteiger partial charge >= 0.3 is 0 Å². The van der Waals surface area contributed by atoms with E-state index in [-0.39, 0.29) is 17.7 Å². The maximum Gasteiger partial charge on any atom is 0.274 e. The first-order valence-electron chi connectivity index (χ1n) is 6.85. The summed E-state index contributed by atoms with van der Waals surface area (Å²) < 4.78 is 11.4. The van der Waals surface area contributed by atoms with Gasteiger partial charge in [0.1, 0.15) is 17.5 Å². The molecule has 0 bridgehead atoms. The van der Waals surface area contributed by atoms with Gasteiger partial charge in [-0.3, -0.25) is 5.10 Å². The fourth-order valence-corrected chi connectivity index (χ4v) is 2.34. The topological polar surface area (TPSA) is 91.2 Å². The molecule has 1 aromatic heterocycles. The summed E-state index contributed by atoms with van der Waals surface area (Å²) in [4.78, 5) is 0. The van der Waals surface area contributed by atoms with E-state index in [2.05, 4.69) is 10.2 Å². The standard InChI is InChI=1S/C15H15N3O3/c16-9-10-4-6-11(7-5-10)21-14-13(17-18-15(14)19)12-3-1-2-8-20-12/h4-7,12H,1-3,8H2,(H2,17,18,19). The number of nitriles is 1. The largest absolute Gasteiger partial charge is 0.490 e.